The van der Waals surface area contributed by atoms with Gasteiger partial charge in [0, 0.05) is 47.8 Å². The van der Waals surface area contributed by atoms with Gasteiger partial charge in [-0.15, -0.1) is 0 Å². The summed E-state index contributed by atoms with van der Waals surface area (Å²) in [4.78, 5) is 23.6. The van der Waals surface area contributed by atoms with E-state index >= 15 is 0 Å². The van der Waals surface area contributed by atoms with Crippen LogP contribution >= 0.6 is 0 Å². The van der Waals surface area contributed by atoms with Crippen LogP contribution in [0.5, 0.6) is 23.0 Å². The van der Waals surface area contributed by atoms with E-state index in [2.05, 4.69) is 21.1 Å². The second-order valence-corrected chi connectivity index (χ2v) is 8.44. The third-order valence-electron chi connectivity index (χ3n) is 5.59. The van der Waals surface area contributed by atoms with Crippen molar-refractivity contribution in [3.8, 4) is 23.0 Å². The lowest BCUT2D eigenvalue weighted by molar-refractivity contribution is 0.0947. The quantitative estimate of drug-likeness (QED) is 0.0801. The molecule has 244 valence electrons. The zero-order valence-electron chi connectivity index (χ0n) is 25.7. The molecular formula is C32H38N6O8. The summed E-state index contributed by atoms with van der Waals surface area (Å²) in [5, 5.41) is 41.3. The highest BCUT2D eigenvalue weighted by Crippen LogP contribution is 2.28. The monoisotopic (exact) mass is 634 g/mol. The number of methoxy groups -OCH3 is 2. The average molecular weight is 635 g/mol. The minimum atomic E-state index is -0.367. The van der Waals surface area contributed by atoms with Crippen molar-refractivity contribution in [2.75, 3.05) is 39.9 Å². The number of ether oxygens (including phenoxy) is 2. The van der Waals surface area contributed by atoms with Crippen LogP contribution in [0.15, 0.2) is 95.1 Å². The predicted molar refractivity (Wildman–Crippen MR) is 177 cm³/mol. The lowest BCUT2D eigenvalue weighted by Gasteiger charge is -2.05. The summed E-state index contributed by atoms with van der Waals surface area (Å²) in [6.07, 6.45) is 2.68. The van der Waals surface area contributed by atoms with Gasteiger partial charge in [0.15, 0.2) is 23.0 Å². The van der Waals surface area contributed by atoms with E-state index in [-0.39, 0.29) is 23.3 Å². The van der Waals surface area contributed by atoms with Crippen LogP contribution in [0.1, 0.15) is 31.8 Å². The first-order valence-electron chi connectivity index (χ1n) is 13.2. The number of aromatic hydroxyl groups is 2. The number of hydrogen-bond acceptors (Lipinski definition) is 12. The molecule has 0 aliphatic heterocycles. The molecule has 0 heterocycles. The molecule has 46 heavy (non-hydrogen) atoms. The van der Waals surface area contributed by atoms with Gasteiger partial charge in [0.1, 0.15) is 0 Å². The van der Waals surface area contributed by atoms with Gasteiger partial charge in [-0.2, -0.15) is 10.2 Å². The largest absolute Gasteiger partial charge is 0.504 e. The highest BCUT2D eigenvalue weighted by atomic mass is 16.5. The number of hydrogen-bond donors (Lipinski definition) is 8. The van der Waals surface area contributed by atoms with Crippen LogP contribution in [0.4, 0.5) is 11.4 Å². The lowest BCUT2D eigenvalue weighted by atomic mass is 10.2. The Morgan fingerprint density at radius 3 is 1.24 bits per heavy atom. The van der Waals surface area contributed by atoms with E-state index in [9.17, 15) is 19.8 Å². The number of amides is 2. The summed E-state index contributed by atoms with van der Waals surface area (Å²) < 4.78 is 9.97. The molecule has 0 saturated heterocycles. The Morgan fingerprint density at radius 1 is 0.609 bits per heavy atom. The summed E-state index contributed by atoms with van der Waals surface area (Å²) >= 11 is 0. The molecule has 14 nitrogen and oxygen atoms in total. The van der Waals surface area contributed by atoms with Crippen molar-refractivity contribution >= 4 is 35.6 Å². The fourth-order valence-corrected chi connectivity index (χ4v) is 3.34. The second kappa shape index (κ2) is 20.7. The zero-order chi connectivity index (χ0) is 34.5. The Bertz CT molecular complexity index is 1460. The van der Waals surface area contributed by atoms with Gasteiger partial charge < -0.3 is 41.4 Å². The number of nitrogens with one attached hydrogen (secondary N) is 2. The smallest absolute Gasteiger partial charge is 0.271 e. The SMILES string of the molecule is CO.CO.COc1cccc(/C=N/NC(=O)c2ccc(N)cc2)c1O.COc1cccc(/C=N/NC(=O)c2ccc(N)cc2)c1O. The van der Waals surface area contributed by atoms with Crippen molar-refractivity contribution < 1.29 is 39.5 Å². The van der Waals surface area contributed by atoms with Crippen molar-refractivity contribution in [1.29, 1.82) is 0 Å². The van der Waals surface area contributed by atoms with Gasteiger partial charge in [0.05, 0.1) is 26.6 Å². The minimum absolute atomic E-state index is 0.0366. The van der Waals surface area contributed by atoms with E-state index in [0.29, 0.717) is 45.1 Å². The van der Waals surface area contributed by atoms with Crippen LogP contribution in [0, 0.1) is 0 Å². The van der Waals surface area contributed by atoms with Crippen LogP contribution in [0.3, 0.4) is 0 Å². The van der Waals surface area contributed by atoms with Crippen molar-refractivity contribution in [2.24, 2.45) is 10.2 Å². The molecule has 0 aromatic heterocycles. The molecule has 0 atom stereocenters. The Labute approximate surface area is 266 Å². The molecule has 0 aliphatic carbocycles. The molecule has 4 rings (SSSR count). The van der Waals surface area contributed by atoms with Crippen LogP contribution in [-0.2, 0) is 0 Å². The maximum absolute atomic E-state index is 11.8. The summed E-state index contributed by atoms with van der Waals surface area (Å²) in [5.74, 6) is -0.133. The number of carbonyl (C=O) groups excluding carboxylic acids is 2. The Kier molecular flexibility index (Phi) is 17.1. The summed E-state index contributed by atoms with van der Waals surface area (Å²) in [6, 6.07) is 22.9. The van der Waals surface area contributed by atoms with E-state index in [0.717, 1.165) is 14.2 Å². The first-order chi connectivity index (χ1) is 22.2. The number of rotatable bonds is 8. The Hall–Kier alpha value is -6.12. The topological polar surface area (TPSA) is 234 Å². The molecule has 0 radical (unpaired) electrons. The van der Waals surface area contributed by atoms with Gasteiger partial charge in [-0.1, -0.05) is 12.1 Å². The van der Waals surface area contributed by atoms with Crippen LogP contribution in [-0.4, -0.2) is 73.1 Å². The number of hydrazone groups is 2. The van der Waals surface area contributed by atoms with E-state index in [4.69, 9.17) is 31.2 Å². The number of anilines is 2. The van der Waals surface area contributed by atoms with Gasteiger partial charge in [-0.3, -0.25) is 9.59 Å². The molecule has 10 N–H and O–H groups in total. The number of phenolic OH excluding ortho intramolecular Hbond substituents is 2. The molecule has 14 heteroatoms. The fourth-order valence-electron chi connectivity index (χ4n) is 3.34. The van der Waals surface area contributed by atoms with Gasteiger partial charge in [0.25, 0.3) is 11.8 Å². The molecule has 0 bridgehead atoms. The molecule has 0 aliphatic rings. The Balaban J connectivity index is 0.000000415. The number of nitrogens with zero attached hydrogens (tertiary/aromatic N) is 2. The van der Waals surface area contributed by atoms with Gasteiger partial charge in [-0.25, -0.2) is 10.9 Å². The lowest BCUT2D eigenvalue weighted by Crippen LogP contribution is -2.17. The minimum Gasteiger partial charge on any atom is -0.504 e. The van der Waals surface area contributed by atoms with Crippen LogP contribution in [0.2, 0.25) is 0 Å². The summed E-state index contributed by atoms with van der Waals surface area (Å²) in [6.45, 7) is 0. The highest BCUT2D eigenvalue weighted by molar-refractivity contribution is 5.96. The van der Waals surface area contributed by atoms with E-state index in [1.54, 1.807) is 84.9 Å². The first-order valence-corrected chi connectivity index (χ1v) is 13.2. The number of aliphatic hydroxyl groups is 2. The number of para-hydroxylation sites is 2. The van der Waals surface area contributed by atoms with E-state index < -0.39 is 0 Å². The fraction of sp³-hybridized carbons (Fsp3) is 0.125. The molecule has 2 amide bonds. The van der Waals surface area contributed by atoms with Gasteiger partial charge >= 0.3 is 0 Å². The summed E-state index contributed by atoms with van der Waals surface area (Å²) in [5.41, 5.74) is 18.7. The number of aliphatic hydroxyl groups excluding tert-OH is 2. The standard InChI is InChI=1S/2C15H15N3O3.2CH4O/c2*1-21-13-4-2-3-11(14(13)19)9-17-18-15(20)10-5-7-12(16)8-6-10;2*1-2/h2*2-9,19H,16H2,1H3,(H,18,20);2*2H,1H3/b2*17-9+;;. The average Bonchev–Trinajstić information content (AvgIpc) is 3.09. The molecular weight excluding hydrogens is 596 g/mol. The van der Waals surface area contributed by atoms with Gasteiger partial charge in [0.2, 0.25) is 0 Å². The van der Waals surface area contributed by atoms with Crippen molar-refractivity contribution in [1.82, 2.24) is 10.9 Å². The highest BCUT2D eigenvalue weighted by Gasteiger charge is 2.07. The number of nitrogen functional groups attached to an aromatic ring is 2. The third kappa shape index (κ3) is 11.9. The Morgan fingerprint density at radius 2 is 0.935 bits per heavy atom. The van der Waals surface area contributed by atoms with Crippen LogP contribution < -0.4 is 31.8 Å². The number of nitrogens with two attached hydrogens (primary N) is 2. The molecule has 0 fully saturated rings. The van der Waals surface area contributed by atoms with Gasteiger partial charge in [-0.05, 0) is 72.8 Å². The molecule has 0 unspecified atom stereocenters. The molecule has 0 saturated carbocycles. The molecule has 4 aromatic rings. The van der Waals surface area contributed by atoms with E-state index in [1.165, 1.54) is 26.6 Å². The van der Waals surface area contributed by atoms with Crippen molar-refractivity contribution in [2.45, 2.75) is 0 Å². The number of carbonyl (C=O) groups is 2. The van der Waals surface area contributed by atoms with Crippen molar-refractivity contribution in [3.05, 3.63) is 107 Å². The summed E-state index contributed by atoms with van der Waals surface area (Å²) in [7, 11) is 4.91. The maximum Gasteiger partial charge on any atom is 0.271 e. The number of benzene rings is 4. The first kappa shape index (κ1) is 37.9. The number of phenols is 2. The third-order valence-corrected chi connectivity index (χ3v) is 5.59. The van der Waals surface area contributed by atoms with E-state index in [1.807, 2.05) is 0 Å². The molecule has 0 spiro atoms. The second-order valence-electron chi connectivity index (χ2n) is 8.44. The molecule has 4 aromatic carbocycles. The van der Waals surface area contributed by atoms with Crippen LogP contribution in [0.25, 0.3) is 0 Å². The zero-order valence-corrected chi connectivity index (χ0v) is 25.7. The normalized spacial score (nSPS) is 9.87. The van der Waals surface area contributed by atoms with Crippen molar-refractivity contribution in [3.63, 3.8) is 0 Å². The maximum atomic E-state index is 11.8. The predicted octanol–water partition coefficient (Wildman–Crippen LogP) is 2.71.